The summed E-state index contributed by atoms with van der Waals surface area (Å²) in [5.74, 6) is -1.48. The third-order valence-corrected chi connectivity index (χ3v) is 5.53. The van der Waals surface area contributed by atoms with Crippen molar-refractivity contribution in [1.29, 1.82) is 0 Å². The van der Waals surface area contributed by atoms with Crippen LogP contribution in [-0.2, 0) is 19.6 Å². The molecule has 0 aliphatic carbocycles. The summed E-state index contributed by atoms with van der Waals surface area (Å²) in [6, 6.07) is 5.57. The minimum atomic E-state index is -3.56. The van der Waals surface area contributed by atoms with E-state index in [9.17, 15) is 18.0 Å². The van der Waals surface area contributed by atoms with Crippen LogP contribution in [0.1, 0.15) is 17.3 Å². The lowest BCUT2D eigenvalue weighted by molar-refractivity contribution is -0.160. The van der Waals surface area contributed by atoms with E-state index in [2.05, 4.69) is 0 Å². The van der Waals surface area contributed by atoms with Crippen LogP contribution in [0.3, 0.4) is 0 Å². The Labute approximate surface area is 140 Å². The van der Waals surface area contributed by atoms with E-state index in [0.717, 1.165) is 4.31 Å². The van der Waals surface area contributed by atoms with E-state index in [1.807, 2.05) is 0 Å². The Hall–Kier alpha value is -1.97. The Bertz CT molecular complexity index is 729. The topological polar surface area (TPSA) is 104 Å². The number of nitrogens with zero attached hydrogens (tertiary/aromatic N) is 2. The highest BCUT2D eigenvalue weighted by atomic mass is 32.2. The van der Waals surface area contributed by atoms with Crippen molar-refractivity contribution in [2.24, 2.45) is 0 Å². The van der Waals surface area contributed by atoms with Gasteiger partial charge in [-0.05, 0) is 31.2 Å². The lowest BCUT2D eigenvalue weighted by atomic mass is 10.1. The van der Waals surface area contributed by atoms with E-state index in [4.69, 9.17) is 9.84 Å². The molecule has 1 saturated heterocycles. The number of morpholine rings is 1. The van der Waals surface area contributed by atoms with Crippen molar-refractivity contribution in [3.63, 3.8) is 0 Å². The van der Waals surface area contributed by atoms with Crippen LogP contribution < -0.4 is 0 Å². The van der Waals surface area contributed by atoms with Gasteiger partial charge >= 0.3 is 5.97 Å². The number of carbonyl (C=O) groups excluding carboxylic acids is 1. The monoisotopic (exact) mass is 356 g/mol. The molecule has 1 unspecified atom stereocenters. The number of amides is 1. The molecule has 0 aromatic heterocycles. The van der Waals surface area contributed by atoms with E-state index in [1.165, 1.54) is 43.3 Å². The van der Waals surface area contributed by atoms with Gasteiger partial charge in [0.15, 0.2) is 6.10 Å². The Balaban J connectivity index is 2.20. The molecule has 24 heavy (non-hydrogen) atoms. The number of benzene rings is 1. The molecule has 2 rings (SSSR count). The lowest BCUT2D eigenvalue weighted by Crippen LogP contribution is -2.51. The van der Waals surface area contributed by atoms with Gasteiger partial charge in [0.25, 0.3) is 5.91 Å². The Morgan fingerprint density at radius 3 is 2.29 bits per heavy atom. The van der Waals surface area contributed by atoms with E-state index in [0.29, 0.717) is 5.56 Å². The molecule has 1 heterocycles. The van der Waals surface area contributed by atoms with Crippen LogP contribution in [0.25, 0.3) is 0 Å². The average molecular weight is 356 g/mol. The van der Waals surface area contributed by atoms with Gasteiger partial charge < -0.3 is 14.7 Å². The molecule has 1 aliphatic rings. The number of carboxylic acid groups (broad SMARTS) is 1. The number of hydrogen-bond donors (Lipinski definition) is 1. The van der Waals surface area contributed by atoms with Crippen molar-refractivity contribution in [3.8, 4) is 0 Å². The van der Waals surface area contributed by atoms with Gasteiger partial charge in [0.1, 0.15) is 0 Å². The van der Waals surface area contributed by atoms with Crippen molar-refractivity contribution in [2.75, 3.05) is 27.2 Å². The van der Waals surface area contributed by atoms with E-state index in [-0.39, 0.29) is 23.9 Å². The number of sulfonamides is 1. The van der Waals surface area contributed by atoms with Gasteiger partial charge in [-0.15, -0.1) is 0 Å². The highest BCUT2D eigenvalue weighted by Gasteiger charge is 2.33. The number of rotatable bonds is 4. The van der Waals surface area contributed by atoms with Crippen molar-refractivity contribution in [2.45, 2.75) is 24.0 Å². The van der Waals surface area contributed by atoms with Crippen molar-refractivity contribution in [3.05, 3.63) is 29.8 Å². The van der Waals surface area contributed by atoms with Gasteiger partial charge in [0, 0.05) is 26.2 Å². The second-order valence-electron chi connectivity index (χ2n) is 5.80. The molecule has 1 fully saturated rings. The second-order valence-corrected chi connectivity index (χ2v) is 7.95. The molecule has 132 valence electrons. The fraction of sp³-hybridized carbons (Fsp3) is 0.467. The van der Waals surface area contributed by atoms with Gasteiger partial charge in [-0.25, -0.2) is 17.5 Å². The predicted octanol–water partition coefficient (Wildman–Crippen LogP) is 0.251. The number of carbonyl (C=O) groups is 2. The van der Waals surface area contributed by atoms with Crippen LogP contribution in [-0.4, -0.2) is 74.0 Å². The summed E-state index contributed by atoms with van der Waals surface area (Å²) in [5.41, 5.74) is 0.297. The normalized spacial score (nSPS) is 21.8. The molecular weight excluding hydrogens is 336 g/mol. The summed E-state index contributed by atoms with van der Waals surface area (Å²) in [6.45, 7) is 1.93. The molecule has 0 spiro atoms. The maximum Gasteiger partial charge on any atom is 0.334 e. The molecule has 1 amide bonds. The molecule has 0 saturated carbocycles. The van der Waals surface area contributed by atoms with Gasteiger partial charge in [-0.2, -0.15) is 0 Å². The summed E-state index contributed by atoms with van der Waals surface area (Å²) in [6.07, 6.45) is -1.46. The SMILES string of the molecule is C[C@@H]1CN(C(=O)c2ccc(S(=O)(=O)N(C)C)cc2)CC(C(=O)O)O1. The van der Waals surface area contributed by atoms with Crippen molar-refractivity contribution >= 4 is 21.9 Å². The molecule has 0 bridgehead atoms. The summed E-state index contributed by atoms with van der Waals surface area (Å²) in [5, 5.41) is 9.07. The Kier molecular flexibility index (Phi) is 5.26. The lowest BCUT2D eigenvalue weighted by Gasteiger charge is -2.35. The number of ether oxygens (including phenoxy) is 1. The fourth-order valence-electron chi connectivity index (χ4n) is 2.42. The fourth-order valence-corrected chi connectivity index (χ4v) is 3.32. The first kappa shape index (κ1) is 18.4. The Morgan fingerprint density at radius 2 is 1.79 bits per heavy atom. The van der Waals surface area contributed by atoms with Crippen LogP contribution in [0.4, 0.5) is 0 Å². The molecule has 2 atom stereocenters. The summed E-state index contributed by atoms with van der Waals surface area (Å²) < 4.78 is 30.4. The van der Waals surface area contributed by atoms with Gasteiger partial charge in [-0.1, -0.05) is 0 Å². The molecule has 9 heteroatoms. The first-order valence-corrected chi connectivity index (χ1v) is 8.77. The molecule has 8 nitrogen and oxygen atoms in total. The summed E-state index contributed by atoms with van der Waals surface area (Å²) in [4.78, 5) is 25.1. The zero-order valence-corrected chi connectivity index (χ0v) is 14.5. The molecule has 1 aromatic carbocycles. The van der Waals surface area contributed by atoms with Gasteiger partial charge in [-0.3, -0.25) is 4.79 Å². The van der Waals surface area contributed by atoms with Crippen LogP contribution >= 0.6 is 0 Å². The zero-order chi connectivity index (χ0) is 18.1. The van der Waals surface area contributed by atoms with Crippen LogP contribution in [0.15, 0.2) is 29.2 Å². The zero-order valence-electron chi connectivity index (χ0n) is 13.7. The van der Waals surface area contributed by atoms with Crippen LogP contribution in [0.2, 0.25) is 0 Å². The smallest absolute Gasteiger partial charge is 0.334 e. The molecular formula is C15H20N2O6S. The third kappa shape index (κ3) is 3.74. The largest absolute Gasteiger partial charge is 0.479 e. The first-order valence-electron chi connectivity index (χ1n) is 7.33. The van der Waals surface area contributed by atoms with Gasteiger partial charge in [0.2, 0.25) is 10.0 Å². The minimum Gasteiger partial charge on any atom is -0.479 e. The molecule has 1 aromatic rings. The number of hydrogen-bond acceptors (Lipinski definition) is 5. The van der Waals surface area contributed by atoms with Gasteiger partial charge in [0.05, 0.1) is 17.5 Å². The number of aliphatic carboxylic acids is 1. The standard InChI is InChI=1S/C15H20N2O6S/c1-10-8-17(9-13(23-10)15(19)20)14(18)11-4-6-12(7-5-11)24(21,22)16(2)3/h4-7,10,13H,8-9H2,1-3H3,(H,19,20)/t10-,13?/m1/s1. The summed E-state index contributed by atoms with van der Waals surface area (Å²) in [7, 11) is -0.710. The van der Waals surface area contributed by atoms with E-state index < -0.39 is 28.2 Å². The summed E-state index contributed by atoms with van der Waals surface area (Å²) >= 11 is 0. The average Bonchev–Trinajstić information content (AvgIpc) is 2.53. The maximum atomic E-state index is 12.5. The third-order valence-electron chi connectivity index (χ3n) is 3.70. The second kappa shape index (κ2) is 6.88. The molecule has 0 radical (unpaired) electrons. The first-order chi connectivity index (χ1) is 11.1. The predicted molar refractivity (Wildman–Crippen MR) is 85.2 cm³/mol. The molecule has 1 N–H and O–H groups in total. The van der Waals surface area contributed by atoms with Crippen LogP contribution in [0, 0.1) is 0 Å². The van der Waals surface area contributed by atoms with Crippen molar-refractivity contribution < 1.29 is 27.9 Å². The Morgan fingerprint density at radius 1 is 1.21 bits per heavy atom. The van der Waals surface area contributed by atoms with E-state index in [1.54, 1.807) is 6.92 Å². The van der Waals surface area contributed by atoms with E-state index >= 15 is 0 Å². The quantitative estimate of drug-likeness (QED) is 0.829. The number of carboxylic acids is 1. The van der Waals surface area contributed by atoms with Crippen molar-refractivity contribution in [1.82, 2.24) is 9.21 Å². The molecule has 1 aliphatic heterocycles. The highest BCUT2D eigenvalue weighted by molar-refractivity contribution is 7.89. The highest BCUT2D eigenvalue weighted by Crippen LogP contribution is 2.18. The van der Waals surface area contributed by atoms with Crippen LogP contribution in [0.5, 0.6) is 0 Å². The minimum absolute atomic E-state index is 0.0454. The maximum absolute atomic E-state index is 12.5.